The highest BCUT2D eigenvalue weighted by molar-refractivity contribution is 5.76. The van der Waals surface area contributed by atoms with Gasteiger partial charge in [-0.05, 0) is 32.1 Å². The van der Waals surface area contributed by atoms with E-state index in [1.165, 1.54) is 263 Å². The van der Waals surface area contributed by atoms with Gasteiger partial charge in [0.25, 0.3) is 0 Å². The molecule has 1 fully saturated rings. The van der Waals surface area contributed by atoms with E-state index in [9.17, 15) is 30.3 Å². The lowest BCUT2D eigenvalue weighted by atomic mass is 9.99. The Kier molecular flexibility index (Phi) is 51.6. The van der Waals surface area contributed by atoms with E-state index in [2.05, 4.69) is 31.3 Å². The Labute approximate surface area is 451 Å². The van der Waals surface area contributed by atoms with Gasteiger partial charge >= 0.3 is 0 Å². The molecule has 9 heteroatoms. The Morgan fingerprint density at radius 1 is 0.452 bits per heavy atom. The molecule has 0 aromatic heterocycles. The number of ether oxygens (including phenoxy) is 2. The first-order chi connectivity index (χ1) is 35.8. The van der Waals surface area contributed by atoms with Crippen molar-refractivity contribution in [3.8, 4) is 0 Å². The molecule has 0 aromatic rings. The number of carbonyl (C=O) groups is 1. The van der Waals surface area contributed by atoms with Crippen LogP contribution < -0.4 is 5.32 Å². The van der Waals surface area contributed by atoms with Crippen LogP contribution in [0.2, 0.25) is 0 Å². The van der Waals surface area contributed by atoms with Crippen molar-refractivity contribution in [2.45, 2.75) is 365 Å². The molecule has 1 aliphatic heterocycles. The molecule has 0 radical (unpaired) electrons. The van der Waals surface area contributed by atoms with E-state index in [-0.39, 0.29) is 12.5 Å². The van der Waals surface area contributed by atoms with Crippen LogP contribution in [0, 0.1) is 0 Å². The molecule has 0 spiro atoms. The van der Waals surface area contributed by atoms with E-state index in [4.69, 9.17) is 9.47 Å². The van der Waals surface area contributed by atoms with E-state index in [1.54, 1.807) is 6.08 Å². The van der Waals surface area contributed by atoms with E-state index >= 15 is 0 Å². The number of aliphatic hydroxyl groups excluding tert-OH is 5. The van der Waals surface area contributed by atoms with Crippen molar-refractivity contribution in [3.63, 3.8) is 0 Å². The maximum absolute atomic E-state index is 13.0. The van der Waals surface area contributed by atoms with E-state index in [0.717, 1.165) is 38.5 Å². The maximum atomic E-state index is 13.0. The fraction of sp³-hybridized carbons (Fsp3) is 0.922. The van der Waals surface area contributed by atoms with Gasteiger partial charge < -0.3 is 40.3 Å². The largest absolute Gasteiger partial charge is 0.394 e. The summed E-state index contributed by atoms with van der Waals surface area (Å²) < 4.78 is 11.2. The number of amides is 1. The smallest absolute Gasteiger partial charge is 0.220 e. The Morgan fingerprint density at radius 2 is 0.781 bits per heavy atom. The third kappa shape index (κ3) is 43.4. The summed E-state index contributed by atoms with van der Waals surface area (Å²) in [5, 5.41) is 54.4. The lowest BCUT2D eigenvalue weighted by molar-refractivity contribution is -0.302. The van der Waals surface area contributed by atoms with Crippen molar-refractivity contribution < 1.29 is 39.8 Å². The lowest BCUT2D eigenvalue weighted by Crippen LogP contribution is -2.60. The summed E-state index contributed by atoms with van der Waals surface area (Å²) in [5.74, 6) is -0.182. The van der Waals surface area contributed by atoms with Crippen LogP contribution in [0.1, 0.15) is 322 Å². The first kappa shape index (κ1) is 69.7. The normalized spacial score (nSPS) is 19.1. The van der Waals surface area contributed by atoms with E-state index in [0.29, 0.717) is 6.42 Å². The van der Waals surface area contributed by atoms with Crippen molar-refractivity contribution in [3.05, 3.63) is 24.3 Å². The summed E-state index contributed by atoms with van der Waals surface area (Å²) in [5.41, 5.74) is 0. The zero-order valence-corrected chi connectivity index (χ0v) is 48.2. The van der Waals surface area contributed by atoms with Crippen LogP contribution in [0.4, 0.5) is 0 Å². The fourth-order valence-electron chi connectivity index (χ4n) is 10.5. The van der Waals surface area contributed by atoms with Gasteiger partial charge in [-0.2, -0.15) is 0 Å². The molecule has 0 aliphatic carbocycles. The molecule has 1 amide bonds. The number of nitrogens with one attached hydrogen (secondary N) is 1. The molecule has 73 heavy (non-hydrogen) atoms. The molecule has 1 heterocycles. The molecule has 9 nitrogen and oxygen atoms in total. The van der Waals surface area contributed by atoms with Crippen LogP contribution in [0.3, 0.4) is 0 Å². The Bertz CT molecular complexity index is 1200. The first-order valence-electron chi connectivity index (χ1n) is 32.1. The fourth-order valence-corrected chi connectivity index (χ4v) is 10.5. The van der Waals surface area contributed by atoms with Gasteiger partial charge in [0.15, 0.2) is 6.29 Å². The van der Waals surface area contributed by atoms with Crippen LogP contribution in [0.25, 0.3) is 0 Å². The summed E-state index contributed by atoms with van der Waals surface area (Å²) >= 11 is 0. The Hall–Kier alpha value is -1.33. The van der Waals surface area contributed by atoms with Crippen LogP contribution in [-0.2, 0) is 14.3 Å². The van der Waals surface area contributed by atoms with Crippen LogP contribution in [-0.4, -0.2) is 87.5 Å². The Morgan fingerprint density at radius 3 is 1.15 bits per heavy atom. The van der Waals surface area contributed by atoms with Gasteiger partial charge in [0.2, 0.25) is 5.91 Å². The predicted molar refractivity (Wildman–Crippen MR) is 309 cm³/mol. The molecule has 0 bridgehead atoms. The number of allylic oxidation sites excluding steroid dienone is 3. The molecule has 7 atom stereocenters. The highest BCUT2D eigenvalue weighted by Crippen LogP contribution is 2.23. The number of aliphatic hydroxyl groups is 5. The molecular weight excluding hydrogens is 911 g/mol. The van der Waals surface area contributed by atoms with Crippen molar-refractivity contribution in [1.29, 1.82) is 0 Å². The molecule has 1 saturated heterocycles. The molecular formula is C64H123NO8. The number of rotatable bonds is 56. The van der Waals surface area contributed by atoms with Gasteiger partial charge in [-0.25, -0.2) is 0 Å². The zero-order valence-electron chi connectivity index (χ0n) is 48.2. The predicted octanol–water partition coefficient (Wildman–Crippen LogP) is 16.5. The van der Waals surface area contributed by atoms with Crippen molar-refractivity contribution in [1.82, 2.24) is 5.32 Å². The Balaban J connectivity index is 2.01. The summed E-state index contributed by atoms with van der Waals surface area (Å²) in [4.78, 5) is 13.0. The second kappa shape index (κ2) is 54.0. The topological polar surface area (TPSA) is 149 Å². The van der Waals surface area contributed by atoms with Gasteiger partial charge in [0.1, 0.15) is 24.4 Å². The van der Waals surface area contributed by atoms with E-state index < -0.39 is 49.5 Å². The molecule has 1 aliphatic rings. The minimum absolute atomic E-state index is 0.182. The highest BCUT2D eigenvalue weighted by atomic mass is 16.7. The second-order valence-corrected chi connectivity index (χ2v) is 22.6. The minimum Gasteiger partial charge on any atom is -0.394 e. The number of hydrogen-bond acceptors (Lipinski definition) is 8. The van der Waals surface area contributed by atoms with Gasteiger partial charge in [-0.3, -0.25) is 4.79 Å². The van der Waals surface area contributed by atoms with Gasteiger partial charge in [-0.15, -0.1) is 0 Å². The third-order valence-electron chi connectivity index (χ3n) is 15.5. The number of carbonyl (C=O) groups excluding carboxylic acids is 1. The second-order valence-electron chi connectivity index (χ2n) is 22.6. The molecule has 6 N–H and O–H groups in total. The standard InChI is InChI=1S/C64H123NO8/c1-3-5-7-9-11-13-15-17-18-19-20-21-22-23-24-25-26-27-28-29-30-31-32-33-34-35-36-37-38-39-40-41-42-44-46-48-50-52-54-60(68)65-57(56-72-64-63(71)62(70)61(69)59(55-66)73-64)58(67)53-51-49-47-45-43-16-14-12-10-8-6-4-2/h43,45,51,53,57-59,61-64,66-67,69-71H,3-42,44,46-50,52,54-56H2,1-2H3,(H,65,68)/b45-43+,53-51+. The van der Waals surface area contributed by atoms with Gasteiger partial charge in [0, 0.05) is 6.42 Å². The summed E-state index contributed by atoms with van der Waals surface area (Å²) in [6, 6.07) is -0.817. The van der Waals surface area contributed by atoms with Gasteiger partial charge in [-0.1, -0.05) is 308 Å². The van der Waals surface area contributed by atoms with Crippen LogP contribution >= 0.6 is 0 Å². The monoisotopic (exact) mass is 1030 g/mol. The summed E-state index contributed by atoms with van der Waals surface area (Å²) in [6.45, 7) is 3.77. The number of unbranched alkanes of at least 4 members (excludes halogenated alkanes) is 44. The summed E-state index contributed by atoms with van der Waals surface area (Å²) in [6.07, 6.45) is 63.1. The molecule has 432 valence electrons. The van der Waals surface area contributed by atoms with E-state index in [1.807, 2.05) is 6.08 Å². The third-order valence-corrected chi connectivity index (χ3v) is 15.5. The van der Waals surface area contributed by atoms with Crippen molar-refractivity contribution in [2.75, 3.05) is 13.2 Å². The van der Waals surface area contributed by atoms with Crippen LogP contribution in [0.5, 0.6) is 0 Å². The first-order valence-corrected chi connectivity index (χ1v) is 32.1. The average Bonchev–Trinajstić information content (AvgIpc) is 3.39. The van der Waals surface area contributed by atoms with Crippen molar-refractivity contribution >= 4 is 5.91 Å². The highest BCUT2D eigenvalue weighted by Gasteiger charge is 2.44. The molecule has 0 aromatic carbocycles. The molecule has 0 saturated carbocycles. The zero-order chi connectivity index (χ0) is 52.9. The van der Waals surface area contributed by atoms with Gasteiger partial charge in [0.05, 0.1) is 25.4 Å². The maximum Gasteiger partial charge on any atom is 0.220 e. The minimum atomic E-state index is -1.57. The lowest BCUT2D eigenvalue weighted by Gasteiger charge is -2.40. The van der Waals surface area contributed by atoms with Crippen molar-refractivity contribution in [2.24, 2.45) is 0 Å². The quantitative estimate of drug-likeness (QED) is 0.0261. The van der Waals surface area contributed by atoms with Crippen LogP contribution in [0.15, 0.2) is 24.3 Å². The number of hydrogen-bond donors (Lipinski definition) is 6. The molecule has 1 rings (SSSR count). The summed E-state index contributed by atoms with van der Waals surface area (Å²) in [7, 11) is 0. The molecule has 7 unspecified atom stereocenters. The average molecular weight is 1030 g/mol. The SMILES string of the molecule is CCCCCCCC/C=C/CC/C=C/C(O)C(COC1OC(CO)C(O)C(O)C1O)NC(=O)CCCCCCCCCCCCCCCCCCCCCCCCCCCCCCCCCCCCCCCC.